The van der Waals surface area contributed by atoms with Gasteiger partial charge in [-0.15, -0.1) is 0 Å². The molecule has 6 heteroatoms. The van der Waals surface area contributed by atoms with Crippen LogP contribution in [0, 0.1) is 5.41 Å². The van der Waals surface area contributed by atoms with Gasteiger partial charge in [0.2, 0.25) is 0 Å². The summed E-state index contributed by atoms with van der Waals surface area (Å²) in [5, 5.41) is 12.3. The van der Waals surface area contributed by atoms with Crippen molar-refractivity contribution in [1.82, 2.24) is 10.2 Å². The summed E-state index contributed by atoms with van der Waals surface area (Å²) in [6.45, 7) is 5.60. The van der Waals surface area contributed by atoms with Crippen LogP contribution in [0.1, 0.15) is 33.1 Å². The lowest BCUT2D eigenvalue weighted by Crippen LogP contribution is -2.53. The van der Waals surface area contributed by atoms with E-state index in [0.29, 0.717) is 25.3 Å². The predicted molar refractivity (Wildman–Crippen MR) is 93.4 cm³/mol. The Morgan fingerprint density at radius 1 is 1.24 bits per heavy atom. The first-order valence-electron chi connectivity index (χ1n) is 8.81. The number of amides is 1. The summed E-state index contributed by atoms with van der Waals surface area (Å²) >= 11 is 0. The standard InChI is InChI=1S/C19H26N2O4/c1-18(2,25-14-6-4-3-5-7-14)17(24)21-10-8-19(9-11-21)12-15(16(22)23)20-13-19/h3-7,15,20H,8-13H2,1-2H3,(H,22,23)/t15-/m1/s1. The molecule has 0 unspecified atom stereocenters. The molecule has 1 atom stereocenters. The van der Waals surface area contributed by atoms with Crippen molar-refractivity contribution in [2.45, 2.75) is 44.8 Å². The molecule has 136 valence electrons. The fraction of sp³-hybridized carbons (Fsp3) is 0.579. The first-order chi connectivity index (χ1) is 11.8. The highest BCUT2D eigenvalue weighted by atomic mass is 16.5. The van der Waals surface area contributed by atoms with Crippen molar-refractivity contribution in [3.8, 4) is 5.75 Å². The fourth-order valence-electron chi connectivity index (χ4n) is 3.86. The fourth-order valence-corrected chi connectivity index (χ4v) is 3.86. The van der Waals surface area contributed by atoms with Crippen LogP contribution >= 0.6 is 0 Å². The number of likely N-dealkylation sites (tertiary alicyclic amines) is 1. The number of carboxylic acids is 1. The van der Waals surface area contributed by atoms with Gasteiger partial charge in [-0.2, -0.15) is 0 Å². The first-order valence-corrected chi connectivity index (χ1v) is 8.81. The van der Waals surface area contributed by atoms with Gasteiger partial charge in [0, 0.05) is 19.6 Å². The number of nitrogens with one attached hydrogen (secondary N) is 1. The molecule has 1 amide bonds. The molecule has 3 rings (SSSR count). The third kappa shape index (κ3) is 3.79. The number of ether oxygens (including phenoxy) is 1. The molecule has 2 aliphatic heterocycles. The van der Waals surface area contributed by atoms with Gasteiger partial charge < -0.3 is 20.1 Å². The number of piperidine rings is 1. The van der Waals surface area contributed by atoms with E-state index in [1.54, 1.807) is 13.8 Å². The minimum absolute atomic E-state index is 0.00423. The minimum atomic E-state index is -0.927. The topological polar surface area (TPSA) is 78.9 Å². The summed E-state index contributed by atoms with van der Waals surface area (Å²) < 4.78 is 5.90. The summed E-state index contributed by atoms with van der Waals surface area (Å²) in [7, 11) is 0. The molecule has 6 nitrogen and oxygen atoms in total. The molecule has 1 aromatic carbocycles. The van der Waals surface area contributed by atoms with Crippen molar-refractivity contribution >= 4 is 11.9 Å². The van der Waals surface area contributed by atoms with Gasteiger partial charge in [-0.05, 0) is 50.7 Å². The first kappa shape index (κ1) is 17.7. The Hall–Kier alpha value is -2.08. The van der Waals surface area contributed by atoms with Gasteiger partial charge in [0.05, 0.1) is 0 Å². The second-order valence-electron chi connectivity index (χ2n) is 7.69. The molecule has 1 spiro atoms. The molecule has 2 heterocycles. The van der Waals surface area contributed by atoms with Crippen molar-refractivity contribution in [3.63, 3.8) is 0 Å². The monoisotopic (exact) mass is 346 g/mol. The lowest BCUT2D eigenvalue weighted by Gasteiger charge is -2.41. The highest BCUT2D eigenvalue weighted by Crippen LogP contribution is 2.39. The molecule has 0 aliphatic carbocycles. The van der Waals surface area contributed by atoms with Gasteiger partial charge in [-0.25, -0.2) is 0 Å². The molecule has 0 aromatic heterocycles. The Morgan fingerprint density at radius 3 is 2.44 bits per heavy atom. The maximum atomic E-state index is 12.9. The normalized spacial score (nSPS) is 22.8. The molecule has 25 heavy (non-hydrogen) atoms. The van der Waals surface area contributed by atoms with Crippen molar-refractivity contribution in [2.75, 3.05) is 19.6 Å². The van der Waals surface area contributed by atoms with E-state index >= 15 is 0 Å². The molecule has 0 bridgehead atoms. The minimum Gasteiger partial charge on any atom is -0.480 e. The van der Waals surface area contributed by atoms with Crippen molar-refractivity contribution in [2.24, 2.45) is 5.41 Å². The number of para-hydroxylation sites is 1. The summed E-state index contributed by atoms with van der Waals surface area (Å²) in [6.07, 6.45) is 2.31. The molecule has 2 fully saturated rings. The molecular weight excluding hydrogens is 320 g/mol. The number of carboxylic acid groups (broad SMARTS) is 1. The number of carbonyl (C=O) groups excluding carboxylic acids is 1. The Morgan fingerprint density at radius 2 is 1.88 bits per heavy atom. The number of rotatable bonds is 4. The van der Waals surface area contributed by atoms with E-state index in [1.165, 1.54) is 0 Å². The molecular formula is C19H26N2O4. The molecule has 2 saturated heterocycles. The molecule has 2 aliphatic rings. The SMILES string of the molecule is CC(C)(Oc1ccccc1)C(=O)N1CCC2(CC1)CN[C@@H](C(=O)O)C2. The smallest absolute Gasteiger partial charge is 0.320 e. The van der Waals surface area contributed by atoms with Crippen molar-refractivity contribution < 1.29 is 19.4 Å². The maximum Gasteiger partial charge on any atom is 0.320 e. The number of hydrogen-bond donors (Lipinski definition) is 2. The van der Waals surface area contributed by atoms with E-state index in [2.05, 4.69) is 5.32 Å². The Balaban J connectivity index is 1.59. The van der Waals surface area contributed by atoms with Gasteiger partial charge >= 0.3 is 5.97 Å². The predicted octanol–water partition coefficient (Wildman–Crippen LogP) is 1.90. The average Bonchev–Trinajstić information content (AvgIpc) is 3.00. The highest BCUT2D eigenvalue weighted by molar-refractivity contribution is 5.85. The van der Waals surface area contributed by atoms with Gasteiger partial charge in [-0.3, -0.25) is 9.59 Å². The van der Waals surface area contributed by atoms with Crippen molar-refractivity contribution in [3.05, 3.63) is 30.3 Å². The largest absolute Gasteiger partial charge is 0.480 e. The highest BCUT2D eigenvalue weighted by Gasteiger charge is 2.45. The number of carbonyl (C=O) groups is 2. The van der Waals surface area contributed by atoms with Crippen LogP contribution in [0.15, 0.2) is 30.3 Å². The van der Waals surface area contributed by atoms with E-state index in [0.717, 1.165) is 19.4 Å². The van der Waals surface area contributed by atoms with Crippen LogP contribution in [0.2, 0.25) is 0 Å². The lowest BCUT2D eigenvalue weighted by atomic mass is 9.76. The summed E-state index contributed by atoms with van der Waals surface area (Å²) in [5.74, 6) is -0.127. The van der Waals surface area contributed by atoms with Crippen LogP contribution in [0.4, 0.5) is 0 Å². The van der Waals surface area contributed by atoms with Gasteiger partial charge in [-0.1, -0.05) is 18.2 Å². The van der Waals surface area contributed by atoms with E-state index in [4.69, 9.17) is 4.74 Å². The molecule has 2 N–H and O–H groups in total. The van der Waals surface area contributed by atoms with Gasteiger partial charge in [0.15, 0.2) is 5.60 Å². The number of hydrogen-bond acceptors (Lipinski definition) is 4. The van der Waals surface area contributed by atoms with Crippen LogP contribution in [0.25, 0.3) is 0 Å². The molecule has 1 aromatic rings. The van der Waals surface area contributed by atoms with E-state index in [1.807, 2.05) is 35.2 Å². The zero-order valence-electron chi connectivity index (χ0n) is 14.8. The molecule has 0 saturated carbocycles. The van der Waals surface area contributed by atoms with E-state index in [-0.39, 0.29) is 11.3 Å². The van der Waals surface area contributed by atoms with Crippen LogP contribution < -0.4 is 10.1 Å². The lowest BCUT2D eigenvalue weighted by molar-refractivity contribution is -0.148. The van der Waals surface area contributed by atoms with E-state index < -0.39 is 17.6 Å². The summed E-state index contributed by atoms with van der Waals surface area (Å²) in [4.78, 5) is 25.9. The number of aliphatic carboxylic acids is 1. The number of nitrogens with zero attached hydrogens (tertiary/aromatic N) is 1. The van der Waals surface area contributed by atoms with Gasteiger partial charge in [0.1, 0.15) is 11.8 Å². The Kier molecular flexibility index (Phi) is 4.73. The average molecular weight is 346 g/mol. The third-order valence-corrected chi connectivity index (χ3v) is 5.40. The Labute approximate surface area is 148 Å². The van der Waals surface area contributed by atoms with Crippen LogP contribution in [0.5, 0.6) is 5.75 Å². The van der Waals surface area contributed by atoms with Crippen LogP contribution in [0.3, 0.4) is 0 Å². The second kappa shape index (κ2) is 6.67. The third-order valence-electron chi connectivity index (χ3n) is 5.40. The second-order valence-corrected chi connectivity index (χ2v) is 7.69. The summed E-state index contributed by atoms with van der Waals surface area (Å²) in [6, 6.07) is 8.90. The maximum absolute atomic E-state index is 12.9. The number of benzene rings is 1. The molecule has 0 radical (unpaired) electrons. The summed E-state index contributed by atoms with van der Waals surface area (Å²) in [5.41, 5.74) is -0.923. The Bertz CT molecular complexity index is 636. The van der Waals surface area contributed by atoms with Gasteiger partial charge in [0.25, 0.3) is 5.91 Å². The quantitative estimate of drug-likeness (QED) is 0.870. The zero-order chi connectivity index (χ0) is 18.1. The van der Waals surface area contributed by atoms with Crippen LogP contribution in [-0.4, -0.2) is 53.2 Å². The van der Waals surface area contributed by atoms with Crippen molar-refractivity contribution in [1.29, 1.82) is 0 Å². The van der Waals surface area contributed by atoms with Crippen LogP contribution in [-0.2, 0) is 9.59 Å². The zero-order valence-corrected chi connectivity index (χ0v) is 14.8. The van der Waals surface area contributed by atoms with E-state index in [9.17, 15) is 14.7 Å².